The van der Waals surface area contributed by atoms with Crippen molar-refractivity contribution in [2.24, 2.45) is 7.05 Å². The lowest BCUT2D eigenvalue weighted by Gasteiger charge is -2.07. The third kappa shape index (κ3) is 3.16. The molecule has 5 rings (SSSR count). The van der Waals surface area contributed by atoms with Gasteiger partial charge in [-0.15, -0.1) is 0 Å². The molecule has 0 fully saturated rings. The highest BCUT2D eigenvalue weighted by molar-refractivity contribution is 6.06. The summed E-state index contributed by atoms with van der Waals surface area (Å²) in [5, 5.41) is 2.91. The number of carbonyl (C=O) groups is 1. The van der Waals surface area contributed by atoms with E-state index in [4.69, 9.17) is 9.40 Å². The minimum Gasteiger partial charge on any atom is -0.459 e. The molecule has 0 spiro atoms. The van der Waals surface area contributed by atoms with Crippen LogP contribution < -0.4 is 5.32 Å². The predicted molar refractivity (Wildman–Crippen MR) is 118 cm³/mol. The van der Waals surface area contributed by atoms with Crippen LogP contribution in [-0.2, 0) is 7.05 Å². The Morgan fingerprint density at radius 1 is 0.867 bits per heavy atom. The smallest absolute Gasteiger partial charge is 0.292 e. The molecule has 0 saturated heterocycles. The summed E-state index contributed by atoms with van der Waals surface area (Å²) in [5.74, 6) is 0.890. The fourth-order valence-electron chi connectivity index (χ4n) is 3.62. The number of nitrogens with zero attached hydrogens (tertiary/aromatic N) is 2. The van der Waals surface area contributed by atoms with Crippen molar-refractivity contribution < 1.29 is 9.21 Å². The van der Waals surface area contributed by atoms with Crippen molar-refractivity contribution in [3.05, 3.63) is 97.0 Å². The minimum atomic E-state index is -0.283. The van der Waals surface area contributed by atoms with Gasteiger partial charge in [-0.05, 0) is 48.0 Å². The molecular formula is C25H19N3O2. The van der Waals surface area contributed by atoms with E-state index in [1.165, 1.54) is 6.26 Å². The summed E-state index contributed by atoms with van der Waals surface area (Å²) >= 11 is 0. The maximum Gasteiger partial charge on any atom is 0.292 e. The van der Waals surface area contributed by atoms with Crippen LogP contribution in [0.4, 0.5) is 5.69 Å². The second-order valence-corrected chi connectivity index (χ2v) is 7.04. The number of hydrogen-bond acceptors (Lipinski definition) is 3. The fraction of sp³-hybridized carbons (Fsp3) is 0.0400. The molecule has 5 heteroatoms. The van der Waals surface area contributed by atoms with Gasteiger partial charge >= 0.3 is 0 Å². The van der Waals surface area contributed by atoms with Crippen molar-refractivity contribution in [2.45, 2.75) is 0 Å². The van der Waals surface area contributed by atoms with E-state index in [0.29, 0.717) is 11.4 Å². The fourth-order valence-corrected chi connectivity index (χ4v) is 3.62. The van der Waals surface area contributed by atoms with Crippen LogP contribution in [0.1, 0.15) is 10.6 Å². The molecule has 1 N–H and O–H groups in total. The van der Waals surface area contributed by atoms with Gasteiger partial charge in [0.15, 0.2) is 5.76 Å². The van der Waals surface area contributed by atoms with Crippen molar-refractivity contribution >= 4 is 22.6 Å². The molecule has 0 saturated carbocycles. The quantitative estimate of drug-likeness (QED) is 0.423. The molecule has 3 aromatic carbocycles. The molecule has 0 bridgehead atoms. The molecule has 1 amide bonds. The molecule has 146 valence electrons. The highest BCUT2D eigenvalue weighted by atomic mass is 16.3. The number of para-hydroxylation sites is 2. The van der Waals surface area contributed by atoms with Crippen LogP contribution in [0.3, 0.4) is 0 Å². The van der Waals surface area contributed by atoms with E-state index in [1.807, 2.05) is 85.9 Å². The van der Waals surface area contributed by atoms with Gasteiger partial charge in [-0.1, -0.05) is 42.5 Å². The SMILES string of the molecule is Cn1c(-c2ccc(NC(=O)c3occc3-c3ccccc3)cc2)nc2ccccc21. The molecule has 0 unspecified atom stereocenters. The Bertz CT molecular complexity index is 1330. The van der Waals surface area contributed by atoms with Gasteiger partial charge < -0.3 is 14.3 Å². The van der Waals surface area contributed by atoms with E-state index < -0.39 is 0 Å². The van der Waals surface area contributed by atoms with Crippen LogP contribution in [0.2, 0.25) is 0 Å². The van der Waals surface area contributed by atoms with Gasteiger partial charge in [0.05, 0.1) is 17.3 Å². The lowest BCUT2D eigenvalue weighted by Crippen LogP contribution is -2.11. The molecule has 2 heterocycles. The van der Waals surface area contributed by atoms with Gasteiger partial charge in [0, 0.05) is 23.9 Å². The highest BCUT2D eigenvalue weighted by Gasteiger charge is 2.17. The van der Waals surface area contributed by atoms with Crippen LogP contribution >= 0.6 is 0 Å². The monoisotopic (exact) mass is 393 g/mol. The number of rotatable bonds is 4. The van der Waals surface area contributed by atoms with E-state index in [0.717, 1.165) is 33.5 Å². The van der Waals surface area contributed by atoms with Crippen LogP contribution in [-0.4, -0.2) is 15.5 Å². The standard InChI is InChI=1S/C25H19N3O2/c1-28-22-10-6-5-9-21(22)27-24(28)18-11-13-19(14-12-18)26-25(29)23-20(15-16-30-23)17-7-3-2-4-8-17/h2-16H,1H3,(H,26,29). The normalized spacial score (nSPS) is 11.0. The summed E-state index contributed by atoms with van der Waals surface area (Å²) in [5.41, 5.74) is 5.42. The Kier molecular flexibility index (Phi) is 4.41. The zero-order chi connectivity index (χ0) is 20.5. The van der Waals surface area contributed by atoms with E-state index >= 15 is 0 Å². The molecule has 0 aliphatic rings. The number of carbonyl (C=O) groups excluding carboxylic acids is 1. The summed E-state index contributed by atoms with van der Waals surface area (Å²) < 4.78 is 7.54. The van der Waals surface area contributed by atoms with Crippen molar-refractivity contribution in [2.75, 3.05) is 5.32 Å². The number of benzene rings is 3. The number of furan rings is 1. The van der Waals surface area contributed by atoms with Crippen LogP contribution in [0.5, 0.6) is 0 Å². The average molecular weight is 393 g/mol. The molecule has 0 aliphatic heterocycles. The topological polar surface area (TPSA) is 60.1 Å². The number of nitrogens with one attached hydrogen (secondary N) is 1. The Morgan fingerprint density at radius 3 is 2.37 bits per heavy atom. The first-order valence-corrected chi connectivity index (χ1v) is 9.67. The van der Waals surface area contributed by atoms with Gasteiger partial charge in [-0.3, -0.25) is 4.79 Å². The first kappa shape index (κ1) is 17.9. The van der Waals surface area contributed by atoms with Gasteiger partial charge in [-0.2, -0.15) is 0 Å². The maximum atomic E-state index is 12.8. The Morgan fingerprint density at radius 2 is 1.60 bits per heavy atom. The highest BCUT2D eigenvalue weighted by Crippen LogP contribution is 2.27. The first-order valence-electron chi connectivity index (χ1n) is 9.67. The molecule has 2 aromatic heterocycles. The van der Waals surface area contributed by atoms with Gasteiger partial charge in [0.2, 0.25) is 0 Å². The maximum absolute atomic E-state index is 12.8. The van der Waals surface area contributed by atoms with E-state index in [1.54, 1.807) is 6.07 Å². The molecule has 0 atom stereocenters. The van der Waals surface area contributed by atoms with Crippen molar-refractivity contribution in [3.8, 4) is 22.5 Å². The summed E-state index contributed by atoms with van der Waals surface area (Å²) in [7, 11) is 2.00. The largest absolute Gasteiger partial charge is 0.459 e. The summed E-state index contributed by atoms with van der Waals surface area (Å²) in [6, 6.07) is 27.2. The Hall–Kier alpha value is -4.12. The summed E-state index contributed by atoms with van der Waals surface area (Å²) in [4.78, 5) is 17.5. The lowest BCUT2D eigenvalue weighted by molar-refractivity contribution is 0.0997. The van der Waals surface area contributed by atoms with E-state index in [9.17, 15) is 4.79 Å². The van der Waals surface area contributed by atoms with Crippen molar-refractivity contribution in [3.63, 3.8) is 0 Å². The molecule has 30 heavy (non-hydrogen) atoms. The van der Waals surface area contributed by atoms with Crippen molar-refractivity contribution in [1.29, 1.82) is 0 Å². The zero-order valence-corrected chi connectivity index (χ0v) is 16.4. The number of aromatic nitrogens is 2. The molecule has 5 nitrogen and oxygen atoms in total. The van der Waals surface area contributed by atoms with E-state index in [-0.39, 0.29) is 5.91 Å². The zero-order valence-electron chi connectivity index (χ0n) is 16.4. The first-order chi connectivity index (χ1) is 14.7. The number of hydrogen-bond donors (Lipinski definition) is 1. The van der Waals surface area contributed by atoms with Gasteiger partial charge in [0.25, 0.3) is 5.91 Å². The van der Waals surface area contributed by atoms with Crippen molar-refractivity contribution in [1.82, 2.24) is 9.55 Å². The lowest BCUT2D eigenvalue weighted by atomic mass is 10.1. The minimum absolute atomic E-state index is 0.283. The Balaban J connectivity index is 1.39. The Labute approximate surface area is 173 Å². The number of imidazole rings is 1. The number of anilines is 1. The molecule has 5 aromatic rings. The third-order valence-corrected chi connectivity index (χ3v) is 5.14. The molecule has 0 aliphatic carbocycles. The van der Waals surface area contributed by atoms with Crippen LogP contribution in [0.25, 0.3) is 33.5 Å². The molecule has 0 radical (unpaired) electrons. The summed E-state index contributed by atoms with van der Waals surface area (Å²) in [6.07, 6.45) is 1.53. The van der Waals surface area contributed by atoms with Gasteiger partial charge in [-0.25, -0.2) is 4.98 Å². The predicted octanol–water partition coefficient (Wildman–Crippen LogP) is 5.75. The summed E-state index contributed by atoms with van der Waals surface area (Å²) in [6.45, 7) is 0. The number of amides is 1. The molecular weight excluding hydrogens is 374 g/mol. The number of fused-ring (bicyclic) bond motifs is 1. The van der Waals surface area contributed by atoms with Gasteiger partial charge in [0.1, 0.15) is 5.82 Å². The van der Waals surface area contributed by atoms with E-state index in [2.05, 4.69) is 9.88 Å². The number of aryl methyl sites for hydroxylation is 1. The second-order valence-electron chi connectivity index (χ2n) is 7.04. The average Bonchev–Trinajstić information content (AvgIpc) is 3.41. The second kappa shape index (κ2) is 7.37. The third-order valence-electron chi connectivity index (χ3n) is 5.14. The van der Waals surface area contributed by atoms with Crippen LogP contribution in [0.15, 0.2) is 95.6 Å². The van der Waals surface area contributed by atoms with Crippen LogP contribution in [0, 0.1) is 0 Å².